The summed E-state index contributed by atoms with van der Waals surface area (Å²) in [5.74, 6) is 0.580. The van der Waals surface area contributed by atoms with E-state index in [1.54, 1.807) is 0 Å². The fraction of sp³-hybridized carbons (Fsp3) is 0.810. The third-order valence-electron chi connectivity index (χ3n) is 7.17. The Kier molecular flexibility index (Phi) is 5.88. The Balaban J connectivity index is 1.42. The molecule has 2 aliphatic heterocycles. The van der Waals surface area contributed by atoms with Crippen LogP contribution < -0.4 is 0 Å². The Morgan fingerprint density at radius 3 is 2.36 bits per heavy atom. The van der Waals surface area contributed by atoms with Crippen LogP contribution >= 0.6 is 0 Å². The molecule has 2 amide bonds. The molecule has 0 aromatic heterocycles. The maximum atomic E-state index is 12.1. The highest BCUT2D eigenvalue weighted by Gasteiger charge is 2.53. The second-order valence-electron chi connectivity index (χ2n) is 8.88. The van der Waals surface area contributed by atoms with Gasteiger partial charge in [-0.1, -0.05) is 32.1 Å². The minimum Gasteiger partial charge on any atom is -0.388 e. The molecule has 2 N–H and O–H groups in total. The number of carbonyl (C=O) groups is 2. The highest BCUT2D eigenvalue weighted by Crippen LogP contribution is 2.43. The minimum atomic E-state index is -1.30. The number of methoxy groups -OCH3 is 1. The number of amides is 2. The molecule has 0 aromatic carbocycles. The molecular weight excluding hydrogens is 362 g/mol. The van der Waals surface area contributed by atoms with Crippen molar-refractivity contribution in [1.29, 1.82) is 0 Å². The van der Waals surface area contributed by atoms with Gasteiger partial charge >= 0.3 is 0 Å². The lowest BCUT2D eigenvalue weighted by molar-refractivity contribution is -0.280. The summed E-state index contributed by atoms with van der Waals surface area (Å²) in [6.45, 7) is 0. The van der Waals surface area contributed by atoms with Gasteiger partial charge in [0.15, 0.2) is 6.29 Å². The summed E-state index contributed by atoms with van der Waals surface area (Å²) in [5.41, 5.74) is 0. The first-order valence-electron chi connectivity index (χ1n) is 10.6. The summed E-state index contributed by atoms with van der Waals surface area (Å²) in [4.78, 5) is 25.0. The quantitative estimate of drug-likeness (QED) is 0.685. The van der Waals surface area contributed by atoms with Gasteiger partial charge in [0.05, 0.1) is 6.10 Å². The molecule has 2 unspecified atom stereocenters. The van der Waals surface area contributed by atoms with Crippen LogP contribution in [0.2, 0.25) is 0 Å². The zero-order valence-corrected chi connectivity index (χ0v) is 16.4. The second kappa shape index (κ2) is 8.22. The molecule has 0 spiro atoms. The lowest BCUT2D eigenvalue weighted by Gasteiger charge is -2.46. The molecule has 7 atom stereocenters. The Hall–Kier alpha value is -1.28. The number of carbonyl (C=O) groups excluding carboxylic acids is 2. The lowest BCUT2D eigenvalue weighted by Crippen LogP contribution is -2.66. The highest BCUT2D eigenvalue weighted by atomic mass is 16.7. The number of nitrogens with zero attached hydrogens (tertiary/aromatic N) is 1. The van der Waals surface area contributed by atoms with Gasteiger partial charge in [-0.05, 0) is 37.0 Å². The van der Waals surface area contributed by atoms with E-state index in [0.717, 1.165) is 42.2 Å². The smallest absolute Gasteiger partial charge is 0.254 e. The number of hydrogen-bond acceptors (Lipinski definition) is 6. The van der Waals surface area contributed by atoms with Gasteiger partial charge in [0, 0.05) is 19.3 Å². The fourth-order valence-corrected chi connectivity index (χ4v) is 5.78. The van der Waals surface area contributed by atoms with E-state index in [9.17, 15) is 19.8 Å². The molecule has 2 heterocycles. The van der Waals surface area contributed by atoms with Gasteiger partial charge in [-0.25, -0.2) is 0 Å². The molecule has 28 heavy (non-hydrogen) atoms. The van der Waals surface area contributed by atoms with Crippen molar-refractivity contribution in [3.63, 3.8) is 0 Å². The lowest BCUT2D eigenvalue weighted by atomic mass is 9.85. The molecule has 0 aromatic rings. The Labute approximate surface area is 165 Å². The van der Waals surface area contributed by atoms with E-state index in [-0.39, 0.29) is 5.92 Å². The van der Waals surface area contributed by atoms with Crippen LogP contribution in [0, 0.1) is 17.8 Å². The number of rotatable bonds is 5. The molecule has 3 fully saturated rings. The van der Waals surface area contributed by atoms with Crippen molar-refractivity contribution in [3.05, 3.63) is 12.2 Å². The van der Waals surface area contributed by atoms with Gasteiger partial charge in [0.1, 0.15) is 18.2 Å². The van der Waals surface area contributed by atoms with Gasteiger partial charge in [0.2, 0.25) is 0 Å². The van der Waals surface area contributed by atoms with E-state index >= 15 is 0 Å². The van der Waals surface area contributed by atoms with Crippen molar-refractivity contribution >= 4 is 11.8 Å². The molecule has 1 saturated heterocycles. The average molecular weight is 393 g/mol. The van der Waals surface area contributed by atoms with Crippen LogP contribution in [0.1, 0.15) is 51.4 Å². The van der Waals surface area contributed by atoms with E-state index in [1.165, 1.54) is 39.2 Å². The molecule has 156 valence electrons. The second-order valence-corrected chi connectivity index (χ2v) is 8.88. The van der Waals surface area contributed by atoms with Crippen molar-refractivity contribution < 1.29 is 29.3 Å². The maximum absolute atomic E-state index is 12.1. The molecule has 2 saturated carbocycles. The van der Waals surface area contributed by atoms with Crippen molar-refractivity contribution in [2.24, 2.45) is 17.8 Å². The van der Waals surface area contributed by atoms with Gasteiger partial charge < -0.3 is 19.7 Å². The normalized spacial score (nSPS) is 42.1. The van der Waals surface area contributed by atoms with Gasteiger partial charge in [0.25, 0.3) is 11.8 Å². The van der Waals surface area contributed by atoms with E-state index in [4.69, 9.17) is 9.47 Å². The zero-order valence-electron chi connectivity index (χ0n) is 16.4. The molecule has 7 nitrogen and oxygen atoms in total. The summed E-state index contributed by atoms with van der Waals surface area (Å²) >= 11 is 0. The first-order valence-corrected chi connectivity index (χ1v) is 10.6. The van der Waals surface area contributed by atoms with Crippen molar-refractivity contribution in [2.45, 2.75) is 82.0 Å². The van der Waals surface area contributed by atoms with Crippen LogP contribution in [0.5, 0.6) is 0 Å². The zero-order chi connectivity index (χ0) is 19.8. The fourth-order valence-electron chi connectivity index (χ4n) is 5.78. The minimum absolute atomic E-state index is 0.151. The number of imide groups is 1. The SMILES string of the molecule is CO[C@@H]1O[C@H](C2CCC(CC3CCCC3)C2)[C@H](O)[C@H](O)[C@H]1N1C(=O)C=CC1=O. The Morgan fingerprint density at radius 2 is 1.71 bits per heavy atom. The number of aliphatic hydroxyl groups excluding tert-OH is 2. The summed E-state index contributed by atoms with van der Waals surface area (Å²) < 4.78 is 11.4. The first-order chi connectivity index (χ1) is 13.5. The van der Waals surface area contributed by atoms with Crippen LogP contribution in [0.3, 0.4) is 0 Å². The summed E-state index contributed by atoms with van der Waals surface area (Å²) in [5, 5.41) is 21.6. The number of hydrogen-bond donors (Lipinski definition) is 2. The molecule has 2 aliphatic carbocycles. The van der Waals surface area contributed by atoms with E-state index in [0.29, 0.717) is 5.92 Å². The molecule has 4 aliphatic rings. The largest absolute Gasteiger partial charge is 0.388 e. The predicted molar refractivity (Wildman–Crippen MR) is 99.9 cm³/mol. The number of aliphatic hydroxyl groups is 2. The Morgan fingerprint density at radius 1 is 1.04 bits per heavy atom. The maximum Gasteiger partial charge on any atom is 0.254 e. The van der Waals surface area contributed by atoms with Crippen LogP contribution in [-0.2, 0) is 19.1 Å². The van der Waals surface area contributed by atoms with Gasteiger partial charge in [-0.2, -0.15) is 0 Å². The Bertz CT molecular complexity index is 610. The molecule has 0 radical (unpaired) electrons. The van der Waals surface area contributed by atoms with Gasteiger partial charge in [-0.3, -0.25) is 14.5 Å². The average Bonchev–Trinajstić information content (AvgIpc) is 3.42. The van der Waals surface area contributed by atoms with Crippen molar-refractivity contribution in [1.82, 2.24) is 4.90 Å². The van der Waals surface area contributed by atoms with Gasteiger partial charge in [-0.15, -0.1) is 0 Å². The van der Waals surface area contributed by atoms with Crippen LogP contribution in [0.25, 0.3) is 0 Å². The van der Waals surface area contributed by atoms with E-state index in [2.05, 4.69) is 0 Å². The topological polar surface area (TPSA) is 96.3 Å². The van der Waals surface area contributed by atoms with E-state index in [1.807, 2.05) is 0 Å². The monoisotopic (exact) mass is 393 g/mol. The molecule has 0 bridgehead atoms. The van der Waals surface area contributed by atoms with Crippen LogP contribution in [-0.4, -0.2) is 64.7 Å². The highest BCUT2D eigenvalue weighted by molar-refractivity contribution is 6.13. The number of ether oxygens (including phenoxy) is 2. The molecular formula is C21H31NO6. The summed E-state index contributed by atoms with van der Waals surface area (Å²) in [6, 6.07) is -1.05. The van der Waals surface area contributed by atoms with Crippen molar-refractivity contribution in [3.8, 4) is 0 Å². The predicted octanol–water partition coefficient (Wildman–Crippen LogP) is 1.37. The third kappa shape index (κ3) is 3.65. The molecule has 7 heteroatoms. The van der Waals surface area contributed by atoms with Crippen molar-refractivity contribution in [2.75, 3.05) is 7.11 Å². The standard InChI is InChI=1S/C21H31NO6/c1-27-21-17(22-15(23)8-9-16(22)24)18(25)19(26)20(28-21)14-7-6-13(11-14)10-12-4-2-3-5-12/h8-9,12-14,17-21,25-26H,2-7,10-11H2,1H3/t13?,14?,17-,18-,19-,20-,21-/m1/s1. The summed E-state index contributed by atoms with van der Waals surface area (Å²) in [6.07, 6.45) is 8.02. The van der Waals surface area contributed by atoms with Crippen LogP contribution in [0.15, 0.2) is 12.2 Å². The third-order valence-corrected chi connectivity index (χ3v) is 7.17. The molecule has 4 rings (SSSR count). The first kappa shape index (κ1) is 20.0. The van der Waals surface area contributed by atoms with E-state index < -0.39 is 42.5 Å². The summed E-state index contributed by atoms with van der Waals surface area (Å²) in [7, 11) is 1.43. The van der Waals surface area contributed by atoms with Crippen LogP contribution in [0.4, 0.5) is 0 Å².